The van der Waals surface area contributed by atoms with Crippen LogP contribution in [0.2, 0.25) is 0 Å². The van der Waals surface area contributed by atoms with Gasteiger partial charge in [0.15, 0.2) is 0 Å². The summed E-state index contributed by atoms with van der Waals surface area (Å²) >= 11 is 0. The summed E-state index contributed by atoms with van der Waals surface area (Å²) in [5.74, 6) is -3.01. The second-order valence-corrected chi connectivity index (χ2v) is 7.91. The van der Waals surface area contributed by atoms with Gasteiger partial charge in [0.1, 0.15) is 5.54 Å². The molecule has 1 aromatic rings. The van der Waals surface area contributed by atoms with Gasteiger partial charge in [-0.3, -0.25) is 24.6 Å². The van der Waals surface area contributed by atoms with Crippen molar-refractivity contribution in [3.8, 4) is 0 Å². The van der Waals surface area contributed by atoms with Crippen LogP contribution in [-0.2, 0) is 25.7 Å². The van der Waals surface area contributed by atoms with E-state index >= 15 is 0 Å². The van der Waals surface area contributed by atoms with E-state index in [0.717, 1.165) is 5.56 Å². The molecular formula is C21H28N4O5. The van der Waals surface area contributed by atoms with Crippen molar-refractivity contribution < 1.29 is 23.9 Å². The van der Waals surface area contributed by atoms with Gasteiger partial charge in [-0.15, -0.1) is 0 Å². The van der Waals surface area contributed by atoms with Crippen LogP contribution in [-0.4, -0.2) is 72.4 Å². The molecule has 9 heteroatoms. The van der Waals surface area contributed by atoms with E-state index in [1.54, 1.807) is 14.0 Å². The molecule has 0 radical (unpaired) electrons. The summed E-state index contributed by atoms with van der Waals surface area (Å²) < 4.78 is 4.95. The Morgan fingerprint density at radius 1 is 1.23 bits per heavy atom. The number of hydrogen-bond acceptors (Lipinski definition) is 6. The van der Waals surface area contributed by atoms with Crippen LogP contribution in [0.15, 0.2) is 30.3 Å². The summed E-state index contributed by atoms with van der Waals surface area (Å²) in [6.07, 6.45) is 0. The fraction of sp³-hybridized carbons (Fsp3) is 0.524. The molecule has 2 N–H and O–H groups in total. The molecular weight excluding hydrogens is 388 g/mol. The zero-order valence-electron chi connectivity index (χ0n) is 17.7. The van der Waals surface area contributed by atoms with Gasteiger partial charge in [-0.1, -0.05) is 30.3 Å². The molecule has 4 atom stereocenters. The van der Waals surface area contributed by atoms with E-state index < -0.39 is 35.3 Å². The van der Waals surface area contributed by atoms with Gasteiger partial charge in [0.2, 0.25) is 11.8 Å². The van der Waals surface area contributed by atoms with Crippen molar-refractivity contribution in [2.45, 2.75) is 32.0 Å². The molecule has 0 unspecified atom stereocenters. The molecule has 3 rings (SSSR count). The van der Waals surface area contributed by atoms with Crippen LogP contribution in [0.4, 0.5) is 4.79 Å². The SMILES string of the molecule is CCNC(=O)N(C)C[C@H]1N[C@@](C)(C(=O)OC)[C@H]2C(=O)N(Cc3ccccc3)C(=O)[C@@H]12. The minimum Gasteiger partial charge on any atom is -0.468 e. The summed E-state index contributed by atoms with van der Waals surface area (Å²) in [5.41, 5.74) is -0.535. The summed E-state index contributed by atoms with van der Waals surface area (Å²) in [5, 5.41) is 5.83. The first kappa shape index (κ1) is 21.8. The summed E-state index contributed by atoms with van der Waals surface area (Å²) in [6.45, 7) is 4.17. The molecule has 2 fully saturated rings. The molecule has 0 saturated carbocycles. The second-order valence-electron chi connectivity index (χ2n) is 7.91. The predicted molar refractivity (Wildman–Crippen MR) is 108 cm³/mol. The summed E-state index contributed by atoms with van der Waals surface area (Å²) in [4.78, 5) is 54.0. The van der Waals surface area contributed by atoms with Crippen molar-refractivity contribution in [3.63, 3.8) is 0 Å². The van der Waals surface area contributed by atoms with Crippen LogP contribution in [0.25, 0.3) is 0 Å². The quantitative estimate of drug-likeness (QED) is 0.512. The molecule has 9 nitrogen and oxygen atoms in total. The number of imide groups is 1. The Kier molecular flexibility index (Phi) is 6.12. The van der Waals surface area contributed by atoms with Gasteiger partial charge in [0.05, 0.1) is 25.5 Å². The number of nitrogens with one attached hydrogen (secondary N) is 2. The largest absolute Gasteiger partial charge is 0.468 e. The standard InChI is InChI=1S/C21H28N4O5/c1-5-22-20(29)24(3)12-14-15-16(21(2,23-14)19(28)30-4)18(27)25(17(15)26)11-13-9-7-6-8-10-13/h6-10,14-16,23H,5,11-12H2,1-4H3,(H,22,29)/t14-,15+,16-,21-/m1/s1. The number of nitrogens with zero attached hydrogens (tertiary/aromatic N) is 2. The maximum absolute atomic E-state index is 13.3. The molecule has 4 amide bonds. The lowest BCUT2D eigenvalue weighted by Crippen LogP contribution is -2.56. The van der Waals surface area contributed by atoms with E-state index in [4.69, 9.17) is 4.74 Å². The number of urea groups is 1. The minimum absolute atomic E-state index is 0.141. The van der Waals surface area contributed by atoms with Gasteiger partial charge in [-0.05, 0) is 19.4 Å². The number of carbonyl (C=O) groups is 4. The van der Waals surface area contributed by atoms with Crippen LogP contribution < -0.4 is 10.6 Å². The van der Waals surface area contributed by atoms with Crippen molar-refractivity contribution in [1.29, 1.82) is 0 Å². The number of benzene rings is 1. The number of esters is 1. The maximum atomic E-state index is 13.3. The van der Waals surface area contributed by atoms with E-state index in [1.807, 2.05) is 37.3 Å². The van der Waals surface area contributed by atoms with Gasteiger partial charge >= 0.3 is 12.0 Å². The Morgan fingerprint density at radius 2 is 1.90 bits per heavy atom. The van der Waals surface area contributed by atoms with E-state index in [9.17, 15) is 19.2 Å². The van der Waals surface area contributed by atoms with Gasteiger partial charge in [0.25, 0.3) is 0 Å². The molecule has 2 aliphatic rings. The fourth-order valence-corrected chi connectivity index (χ4v) is 4.47. The second kappa shape index (κ2) is 8.43. The molecule has 30 heavy (non-hydrogen) atoms. The number of likely N-dealkylation sites (N-methyl/N-ethyl adjacent to an activating group) is 1. The van der Waals surface area contributed by atoms with Crippen molar-refractivity contribution >= 4 is 23.8 Å². The normalized spacial score (nSPS) is 27.7. The molecule has 1 aromatic carbocycles. The average molecular weight is 416 g/mol. The molecule has 0 aromatic heterocycles. The first-order valence-corrected chi connectivity index (χ1v) is 9.98. The first-order chi connectivity index (χ1) is 14.2. The number of carbonyl (C=O) groups excluding carboxylic acids is 4. The Labute approximate surface area is 175 Å². The Morgan fingerprint density at radius 3 is 2.50 bits per heavy atom. The first-order valence-electron chi connectivity index (χ1n) is 9.98. The molecule has 2 heterocycles. The van der Waals surface area contributed by atoms with Crippen LogP contribution in [0.1, 0.15) is 19.4 Å². The smallest absolute Gasteiger partial charge is 0.326 e. The van der Waals surface area contributed by atoms with Crippen LogP contribution in [0.3, 0.4) is 0 Å². The highest BCUT2D eigenvalue weighted by Crippen LogP contribution is 2.44. The predicted octanol–water partition coefficient (Wildman–Crippen LogP) is 0.353. The topological polar surface area (TPSA) is 108 Å². The third-order valence-corrected chi connectivity index (χ3v) is 5.92. The molecule has 162 valence electrons. The molecule has 2 saturated heterocycles. The number of hydrogen-bond donors (Lipinski definition) is 2. The van der Waals surface area contributed by atoms with Crippen molar-refractivity contribution in [3.05, 3.63) is 35.9 Å². The van der Waals surface area contributed by atoms with Gasteiger partial charge in [-0.25, -0.2) is 4.79 Å². The van der Waals surface area contributed by atoms with Crippen LogP contribution in [0.5, 0.6) is 0 Å². The molecule has 0 aliphatic carbocycles. The fourth-order valence-electron chi connectivity index (χ4n) is 4.47. The minimum atomic E-state index is -1.36. The highest BCUT2D eigenvalue weighted by atomic mass is 16.5. The van der Waals surface area contributed by atoms with E-state index in [2.05, 4.69) is 10.6 Å². The van der Waals surface area contributed by atoms with Crippen molar-refractivity contribution in [1.82, 2.24) is 20.4 Å². The summed E-state index contributed by atoms with van der Waals surface area (Å²) in [7, 11) is 2.86. The molecule has 0 spiro atoms. The van der Waals surface area contributed by atoms with E-state index in [0.29, 0.717) is 6.54 Å². The zero-order chi connectivity index (χ0) is 22.1. The lowest BCUT2D eigenvalue weighted by Gasteiger charge is -2.29. The lowest BCUT2D eigenvalue weighted by molar-refractivity contribution is -0.153. The number of methoxy groups -OCH3 is 1. The highest BCUT2D eigenvalue weighted by molar-refractivity contribution is 6.09. The molecule has 0 bridgehead atoms. The zero-order valence-corrected chi connectivity index (χ0v) is 17.7. The molecule has 2 aliphatic heterocycles. The van der Waals surface area contributed by atoms with E-state index in [1.165, 1.54) is 16.9 Å². The Bertz CT molecular complexity index is 845. The van der Waals surface area contributed by atoms with Crippen LogP contribution >= 0.6 is 0 Å². The monoisotopic (exact) mass is 416 g/mol. The Balaban J connectivity index is 1.91. The number of amides is 4. The third kappa shape index (κ3) is 3.65. The highest BCUT2D eigenvalue weighted by Gasteiger charge is 2.66. The summed E-state index contributed by atoms with van der Waals surface area (Å²) in [6, 6.07) is 8.36. The van der Waals surface area contributed by atoms with Gasteiger partial charge in [-0.2, -0.15) is 0 Å². The van der Waals surface area contributed by atoms with Crippen molar-refractivity contribution in [2.24, 2.45) is 11.8 Å². The third-order valence-electron chi connectivity index (χ3n) is 5.92. The maximum Gasteiger partial charge on any atom is 0.326 e. The van der Waals surface area contributed by atoms with Crippen molar-refractivity contribution in [2.75, 3.05) is 27.2 Å². The number of likely N-dealkylation sites (tertiary alicyclic amines) is 1. The van der Waals surface area contributed by atoms with E-state index in [-0.39, 0.29) is 25.0 Å². The average Bonchev–Trinajstić information content (AvgIpc) is 3.17. The lowest BCUT2D eigenvalue weighted by atomic mass is 9.81. The Hall–Kier alpha value is -2.94. The van der Waals surface area contributed by atoms with Gasteiger partial charge < -0.3 is 15.0 Å². The number of rotatable bonds is 6. The number of ether oxygens (including phenoxy) is 1. The number of fused-ring (bicyclic) bond motifs is 1. The van der Waals surface area contributed by atoms with Crippen LogP contribution in [0, 0.1) is 11.8 Å². The van der Waals surface area contributed by atoms with Gasteiger partial charge in [0, 0.05) is 26.2 Å².